The molecule has 2 rings (SSSR count). The van der Waals surface area contributed by atoms with E-state index in [-0.39, 0.29) is 5.78 Å². The molecule has 2 heterocycles. The van der Waals surface area contributed by atoms with Crippen LogP contribution in [0.1, 0.15) is 50.0 Å². The molecule has 0 radical (unpaired) electrons. The molecule has 0 atom stereocenters. The maximum absolute atomic E-state index is 13.0. The zero-order valence-corrected chi connectivity index (χ0v) is 13.0. The molecule has 1 aromatic heterocycles. The van der Waals surface area contributed by atoms with E-state index in [1.807, 2.05) is 13.8 Å². The first-order valence-corrected chi connectivity index (χ1v) is 7.34. The summed E-state index contributed by atoms with van der Waals surface area (Å²) in [5.74, 6) is 0.636. The lowest BCUT2D eigenvalue weighted by atomic mass is 9.93. The highest BCUT2D eigenvalue weighted by Gasteiger charge is 2.38. The van der Waals surface area contributed by atoms with Gasteiger partial charge in [0, 0.05) is 7.05 Å². The van der Waals surface area contributed by atoms with E-state index in [0.29, 0.717) is 11.4 Å². The van der Waals surface area contributed by atoms with Gasteiger partial charge < -0.3 is 4.74 Å². The molecule has 0 aromatic carbocycles. The standard InChI is InChI=1S/C15H25N3O2/c1-15(2,18-9-7-5-6-8-10-18)14(19)13-12(20-4)11-16-17(13)3/h11H,5-10H2,1-4H3. The predicted octanol–water partition coefficient (Wildman–Crippen LogP) is 2.27. The molecular weight excluding hydrogens is 254 g/mol. The molecule has 0 spiro atoms. The molecule has 1 aliphatic heterocycles. The summed E-state index contributed by atoms with van der Waals surface area (Å²) in [4.78, 5) is 15.3. The average molecular weight is 279 g/mol. The van der Waals surface area contributed by atoms with Crippen LogP contribution in [0.3, 0.4) is 0 Å². The van der Waals surface area contributed by atoms with Crippen LogP contribution >= 0.6 is 0 Å². The summed E-state index contributed by atoms with van der Waals surface area (Å²) in [6.45, 7) is 5.98. The van der Waals surface area contributed by atoms with Gasteiger partial charge in [-0.3, -0.25) is 14.4 Å². The van der Waals surface area contributed by atoms with E-state index in [1.165, 1.54) is 25.7 Å². The van der Waals surface area contributed by atoms with Crippen molar-refractivity contribution in [3.8, 4) is 5.75 Å². The minimum absolute atomic E-state index is 0.0799. The molecule has 5 heteroatoms. The molecule has 1 aromatic rings. The normalized spacial score (nSPS) is 17.8. The summed E-state index contributed by atoms with van der Waals surface area (Å²) in [7, 11) is 3.36. The fourth-order valence-electron chi connectivity index (χ4n) is 2.89. The van der Waals surface area contributed by atoms with Crippen LogP contribution in [-0.2, 0) is 7.05 Å². The Balaban J connectivity index is 2.27. The zero-order chi connectivity index (χ0) is 14.8. The molecule has 20 heavy (non-hydrogen) atoms. The van der Waals surface area contributed by atoms with Crippen LogP contribution in [0, 0.1) is 0 Å². The summed E-state index contributed by atoms with van der Waals surface area (Å²) in [6, 6.07) is 0. The van der Waals surface area contributed by atoms with Crippen molar-refractivity contribution in [2.45, 2.75) is 45.1 Å². The number of ketones is 1. The Morgan fingerprint density at radius 1 is 1.25 bits per heavy atom. The highest BCUT2D eigenvalue weighted by Crippen LogP contribution is 2.28. The number of aryl methyl sites for hydroxylation is 1. The summed E-state index contributed by atoms with van der Waals surface area (Å²) < 4.78 is 6.88. The van der Waals surface area contributed by atoms with Gasteiger partial charge in [-0.05, 0) is 39.8 Å². The average Bonchev–Trinajstić information content (AvgIpc) is 2.65. The van der Waals surface area contributed by atoms with E-state index in [2.05, 4.69) is 10.00 Å². The van der Waals surface area contributed by atoms with Gasteiger partial charge in [0.15, 0.2) is 5.75 Å². The fourth-order valence-corrected chi connectivity index (χ4v) is 2.89. The van der Waals surface area contributed by atoms with Gasteiger partial charge in [0.05, 0.1) is 18.8 Å². The van der Waals surface area contributed by atoms with E-state index < -0.39 is 5.54 Å². The van der Waals surface area contributed by atoms with Crippen molar-refractivity contribution in [2.24, 2.45) is 7.05 Å². The lowest BCUT2D eigenvalue weighted by Gasteiger charge is -2.36. The van der Waals surface area contributed by atoms with Crippen molar-refractivity contribution in [3.63, 3.8) is 0 Å². The molecule has 1 saturated heterocycles. The van der Waals surface area contributed by atoms with Gasteiger partial charge in [0.1, 0.15) is 5.69 Å². The van der Waals surface area contributed by atoms with Crippen molar-refractivity contribution in [1.82, 2.24) is 14.7 Å². The first kappa shape index (κ1) is 15.0. The maximum Gasteiger partial charge on any atom is 0.204 e. The third kappa shape index (κ3) is 2.73. The Kier molecular flexibility index (Phi) is 4.48. The van der Waals surface area contributed by atoms with Gasteiger partial charge in [-0.25, -0.2) is 0 Å². The largest absolute Gasteiger partial charge is 0.493 e. The monoisotopic (exact) mass is 279 g/mol. The number of likely N-dealkylation sites (tertiary alicyclic amines) is 1. The topological polar surface area (TPSA) is 47.4 Å². The zero-order valence-electron chi connectivity index (χ0n) is 13.0. The number of hydrogen-bond donors (Lipinski definition) is 0. The van der Waals surface area contributed by atoms with E-state index in [4.69, 9.17) is 4.74 Å². The summed E-state index contributed by atoms with van der Waals surface area (Å²) >= 11 is 0. The van der Waals surface area contributed by atoms with Gasteiger partial charge in [-0.1, -0.05) is 12.8 Å². The second-order valence-corrected chi connectivity index (χ2v) is 5.97. The van der Waals surface area contributed by atoms with Crippen LogP contribution in [0.4, 0.5) is 0 Å². The Morgan fingerprint density at radius 3 is 2.40 bits per heavy atom. The highest BCUT2D eigenvalue weighted by atomic mass is 16.5. The molecule has 0 amide bonds. The van der Waals surface area contributed by atoms with Gasteiger partial charge in [0.25, 0.3) is 0 Å². The minimum atomic E-state index is -0.522. The van der Waals surface area contributed by atoms with Gasteiger partial charge in [0.2, 0.25) is 5.78 Å². The summed E-state index contributed by atoms with van der Waals surface area (Å²) in [6.07, 6.45) is 6.45. The van der Waals surface area contributed by atoms with Crippen LogP contribution in [0.25, 0.3) is 0 Å². The van der Waals surface area contributed by atoms with Crippen LogP contribution in [-0.4, -0.2) is 46.2 Å². The minimum Gasteiger partial charge on any atom is -0.493 e. The number of carbonyl (C=O) groups is 1. The Morgan fingerprint density at radius 2 is 1.85 bits per heavy atom. The van der Waals surface area contributed by atoms with Gasteiger partial charge >= 0.3 is 0 Å². The molecule has 1 aliphatic rings. The maximum atomic E-state index is 13.0. The number of Topliss-reactive ketones (excluding diaryl/α,β-unsaturated/α-hetero) is 1. The Labute approximate surface area is 120 Å². The molecular formula is C15H25N3O2. The SMILES string of the molecule is COc1cnn(C)c1C(=O)C(C)(C)N1CCCCCC1. The van der Waals surface area contributed by atoms with Crippen LogP contribution < -0.4 is 4.74 Å². The first-order valence-electron chi connectivity index (χ1n) is 7.34. The Hall–Kier alpha value is -1.36. The van der Waals surface area contributed by atoms with Crippen LogP contribution in [0.15, 0.2) is 6.20 Å². The smallest absolute Gasteiger partial charge is 0.204 e. The quantitative estimate of drug-likeness (QED) is 0.793. The number of rotatable bonds is 4. The first-order chi connectivity index (χ1) is 9.48. The van der Waals surface area contributed by atoms with Gasteiger partial charge in [-0.2, -0.15) is 5.10 Å². The lowest BCUT2D eigenvalue weighted by Crippen LogP contribution is -2.51. The molecule has 1 fully saturated rings. The van der Waals surface area contributed by atoms with Crippen molar-refractivity contribution in [2.75, 3.05) is 20.2 Å². The molecule has 0 unspecified atom stereocenters. The number of aromatic nitrogens is 2. The Bertz CT molecular complexity index is 471. The van der Waals surface area contributed by atoms with E-state index in [1.54, 1.807) is 25.0 Å². The summed E-state index contributed by atoms with van der Waals surface area (Å²) in [5, 5.41) is 4.14. The number of hydrogen-bond acceptors (Lipinski definition) is 4. The molecule has 0 aliphatic carbocycles. The number of ether oxygens (including phenoxy) is 1. The van der Waals surface area contributed by atoms with Crippen molar-refractivity contribution in [3.05, 3.63) is 11.9 Å². The van der Waals surface area contributed by atoms with Crippen LogP contribution in [0.5, 0.6) is 5.75 Å². The second-order valence-electron chi connectivity index (χ2n) is 5.97. The van der Waals surface area contributed by atoms with Crippen LogP contribution in [0.2, 0.25) is 0 Å². The molecule has 5 nitrogen and oxygen atoms in total. The second kappa shape index (κ2) is 5.95. The summed E-state index contributed by atoms with van der Waals surface area (Å²) in [5.41, 5.74) is 0.0348. The van der Waals surface area contributed by atoms with Gasteiger partial charge in [-0.15, -0.1) is 0 Å². The number of methoxy groups -OCH3 is 1. The highest BCUT2D eigenvalue weighted by molar-refractivity contribution is 6.03. The van der Waals surface area contributed by atoms with E-state index in [0.717, 1.165) is 13.1 Å². The third-order valence-corrected chi connectivity index (χ3v) is 4.29. The van der Waals surface area contributed by atoms with Crippen molar-refractivity contribution in [1.29, 1.82) is 0 Å². The third-order valence-electron chi connectivity index (χ3n) is 4.29. The molecule has 0 bridgehead atoms. The lowest BCUT2D eigenvalue weighted by molar-refractivity contribution is 0.0636. The predicted molar refractivity (Wildman–Crippen MR) is 78.2 cm³/mol. The van der Waals surface area contributed by atoms with E-state index >= 15 is 0 Å². The number of nitrogens with zero attached hydrogens (tertiary/aromatic N) is 3. The molecule has 0 N–H and O–H groups in total. The molecule has 112 valence electrons. The fraction of sp³-hybridized carbons (Fsp3) is 0.733. The van der Waals surface area contributed by atoms with Crippen molar-refractivity contribution < 1.29 is 9.53 Å². The van der Waals surface area contributed by atoms with E-state index in [9.17, 15) is 4.79 Å². The number of carbonyl (C=O) groups excluding carboxylic acids is 1. The molecule has 0 saturated carbocycles. The van der Waals surface area contributed by atoms with Crippen molar-refractivity contribution >= 4 is 5.78 Å².